The summed E-state index contributed by atoms with van der Waals surface area (Å²) in [7, 11) is 0. The Morgan fingerprint density at radius 2 is 2.00 bits per heavy atom. The Labute approximate surface area is 96.7 Å². The quantitative estimate of drug-likeness (QED) is 0.776. The molecule has 1 spiro atoms. The molecule has 1 unspecified atom stereocenters. The van der Waals surface area contributed by atoms with Crippen LogP contribution in [0, 0.1) is 5.41 Å². The van der Waals surface area contributed by atoms with Gasteiger partial charge in [0.1, 0.15) is 0 Å². The van der Waals surface area contributed by atoms with Gasteiger partial charge in [-0.3, -0.25) is 4.79 Å². The lowest BCUT2D eigenvalue weighted by Gasteiger charge is -2.43. The number of carbonyl (C=O) groups excluding carboxylic acids is 1. The lowest BCUT2D eigenvalue weighted by molar-refractivity contribution is -0.199. The molecular formula is C12H21NO3. The number of rotatable bonds is 2. The summed E-state index contributed by atoms with van der Waals surface area (Å²) >= 11 is 0. The van der Waals surface area contributed by atoms with E-state index in [-0.39, 0.29) is 17.1 Å². The minimum absolute atomic E-state index is 0.0362. The maximum atomic E-state index is 11.0. The van der Waals surface area contributed by atoms with Gasteiger partial charge in [-0.2, -0.15) is 0 Å². The maximum absolute atomic E-state index is 11.0. The van der Waals surface area contributed by atoms with Crippen LogP contribution in [0.4, 0.5) is 0 Å². The van der Waals surface area contributed by atoms with Crippen molar-refractivity contribution in [2.24, 2.45) is 5.41 Å². The fourth-order valence-electron chi connectivity index (χ4n) is 2.84. The summed E-state index contributed by atoms with van der Waals surface area (Å²) in [4.78, 5) is 11.0. The summed E-state index contributed by atoms with van der Waals surface area (Å²) in [5.74, 6) is -0.319. The summed E-state index contributed by atoms with van der Waals surface area (Å²) in [5, 5.41) is 2.91. The molecule has 2 aliphatic rings. The van der Waals surface area contributed by atoms with Gasteiger partial charge < -0.3 is 14.8 Å². The van der Waals surface area contributed by atoms with E-state index in [1.807, 2.05) is 0 Å². The number of ether oxygens (including phenoxy) is 2. The Balaban J connectivity index is 1.96. The standard InChI is InChI=1S/C12H21NO3/c1-10(14)13-9-11(2)4-3-5-12(8-11)15-6-7-16-12/h3-9H2,1-2H3,(H,13,14). The largest absolute Gasteiger partial charge is 0.356 e. The van der Waals surface area contributed by atoms with Crippen LogP contribution in [0.25, 0.3) is 0 Å². The van der Waals surface area contributed by atoms with Gasteiger partial charge in [0.15, 0.2) is 5.79 Å². The number of carbonyl (C=O) groups is 1. The van der Waals surface area contributed by atoms with Crippen LogP contribution in [0.5, 0.6) is 0 Å². The molecule has 1 N–H and O–H groups in total. The Bertz CT molecular complexity index is 273. The van der Waals surface area contributed by atoms with Crippen molar-refractivity contribution in [3.8, 4) is 0 Å². The first-order chi connectivity index (χ1) is 7.54. The average Bonchev–Trinajstić information content (AvgIpc) is 2.63. The normalized spacial score (nSPS) is 32.9. The molecule has 1 saturated heterocycles. The molecule has 0 radical (unpaired) electrons. The fourth-order valence-corrected chi connectivity index (χ4v) is 2.84. The predicted octanol–water partition coefficient (Wildman–Crippen LogP) is 1.45. The van der Waals surface area contributed by atoms with Crippen molar-refractivity contribution < 1.29 is 14.3 Å². The van der Waals surface area contributed by atoms with Crippen LogP contribution in [-0.2, 0) is 14.3 Å². The van der Waals surface area contributed by atoms with Crippen molar-refractivity contribution in [1.82, 2.24) is 5.32 Å². The number of amides is 1. The zero-order chi connectivity index (χ0) is 11.6. The highest BCUT2D eigenvalue weighted by Gasteiger charge is 2.46. The molecular weight excluding hydrogens is 206 g/mol. The molecule has 92 valence electrons. The van der Waals surface area contributed by atoms with Gasteiger partial charge >= 0.3 is 0 Å². The second kappa shape index (κ2) is 4.34. The molecule has 1 heterocycles. The van der Waals surface area contributed by atoms with E-state index in [9.17, 15) is 4.79 Å². The van der Waals surface area contributed by atoms with Crippen molar-refractivity contribution in [3.63, 3.8) is 0 Å². The topological polar surface area (TPSA) is 47.6 Å². The first-order valence-electron chi connectivity index (χ1n) is 6.06. The first kappa shape index (κ1) is 11.9. The third-order valence-corrected chi connectivity index (χ3v) is 3.61. The average molecular weight is 227 g/mol. The molecule has 1 aliphatic carbocycles. The van der Waals surface area contributed by atoms with Gasteiger partial charge in [0.2, 0.25) is 5.91 Å². The zero-order valence-electron chi connectivity index (χ0n) is 10.2. The Hall–Kier alpha value is -0.610. The zero-order valence-corrected chi connectivity index (χ0v) is 10.2. The molecule has 4 nitrogen and oxygen atoms in total. The van der Waals surface area contributed by atoms with Crippen LogP contribution in [0.15, 0.2) is 0 Å². The third-order valence-electron chi connectivity index (χ3n) is 3.61. The van der Waals surface area contributed by atoms with Gasteiger partial charge in [-0.1, -0.05) is 6.92 Å². The van der Waals surface area contributed by atoms with Crippen LogP contribution in [0.2, 0.25) is 0 Å². The molecule has 1 saturated carbocycles. The van der Waals surface area contributed by atoms with Crippen molar-refractivity contribution in [1.29, 1.82) is 0 Å². The Morgan fingerprint density at radius 3 is 2.62 bits per heavy atom. The van der Waals surface area contributed by atoms with E-state index in [1.54, 1.807) is 6.92 Å². The van der Waals surface area contributed by atoms with Gasteiger partial charge in [-0.05, 0) is 18.3 Å². The summed E-state index contributed by atoms with van der Waals surface area (Å²) < 4.78 is 11.5. The van der Waals surface area contributed by atoms with E-state index in [2.05, 4.69) is 12.2 Å². The SMILES string of the molecule is CC(=O)NCC1(C)CCCC2(C1)OCCO2. The molecule has 0 aromatic heterocycles. The molecule has 0 aromatic carbocycles. The number of hydrogen-bond donors (Lipinski definition) is 1. The summed E-state index contributed by atoms with van der Waals surface area (Å²) in [6, 6.07) is 0. The molecule has 16 heavy (non-hydrogen) atoms. The van der Waals surface area contributed by atoms with Crippen LogP contribution in [0.3, 0.4) is 0 Å². The highest BCUT2D eigenvalue weighted by molar-refractivity contribution is 5.72. The van der Waals surface area contributed by atoms with Gasteiger partial charge in [0, 0.05) is 26.3 Å². The second-order valence-electron chi connectivity index (χ2n) is 5.36. The third kappa shape index (κ3) is 2.55. The smallest absolute Gasteiger partial charge is 0.216 e. The molecule has 1 atom stereocenters. The van der Waals surface area contributed by atoms with E-state index in [0.717, 1.165) is 32.2 Å². The van der Waals surface area contributed by atoms with Gasteiger partial charge in [0.25, 0.3) is 0 Å². The van der Waals surface area contributed by atoms with Crippen molar-refractivity contribution >= 4 is 5.91 Å². The molecule has 1 amide bonds. The second-order valence-corrected chi connectivity index (χ2v) is 5.36. The molecule has 0 bridgehead atoms. The molecule has 1 aliphatic heterocycles. The van der Waals surface area contributed by atoms with Crippen LogP contribution in [0.1, 0.15) is 39.5 Å². The van der Waals surface area contributed by atoms with E-state index < -0.39 is 0 Å². The van der Waals surface area contributed by atoms with Crippen molar-refractivity contribution in [3.05, 3.63) is 0 Å². The lowest BCUT2D eigenvalue weighted by atomic mass is 9.72. The van der Waals surface area contributed by atoms with Gasteiger partial charge in [-0.25, -0.2) is 0 Å². The van der Waals surface area contributed by atoms with Crippen LogP contribution < -0.4 is 5.32 Å². The summed E-state index contributed by atoms with van der Waals surface area (Å²) in [6.07, 6.45) is 4.11. The minimum Gasteiger partial charge on any atom is -0.356 e. The highest BCUT2D eigenvalue weighted by Crippen LogP contribution is 2.45. The van der Waals surface area contributed by atoms with Crippen molar-refractivity contribution in [2.45, 2.75) is 45.3 Å². The molecule has 4 heteroatoms. The molecule has 0 aromatic rings. The highest BCUT2D eigenvalue weighted by atomic mass is 16.7. The lowest BCUT2D eigenvalue weighted by Crippen LogP contribution is -2.46. The van der Waals surface area contributed by atoms with Gasteiger partial charge in [0.05, 0.1) is 13.2 Å². The minimum atomic E-state index is -0.356. The number of nitrogens with one attached hydrogen (secondary N) is 1. The van der Waals surface area contributed by atoms with E-state index in [0.29, 0.717) is 13.2 Å². The summed E-state index contributed by atoms with van der Waals surface area (Å²) in [6.45, 7) is 5.89. The Morgan fingerprint density at radius 1 is 1.31 bits per heavy atom. The summed E-state index contributed by atoms with van der Waals surface area (Å²) in [5.41, 5.74) is 0.105. The predicted molar refractivity (Wildman–Crippen MR) is 59.9 cm³/mol. The maximum Gasteiger partial charge on any atom is 0.216 e. The number of hydrogen-bond acceptors (Lipinski definition) is 3. The van der Waals surface area contributed by atoms with E-state index >= 15 is 0 Å². The van der Waals surface area contributed by atoms with Crippen LogP contribution >= 0.6 is 0 Å². The Kier molecular flexibility index (Phi) is 3.22. The fraction of sp³-hybridized carbons (Fsp3) is 0.917. The van der Waals surface area contributed by atoms with E-state index in [1.165, 1.54) is 0 Å². The molecule has 2 rings (SSSR count). The van der Waals surface area contributed by atoms with Crippen molar-refractivity contribution in [2.75, 3.05) is 19.8 Å². The monoisotopic (exact) mass is 227 g/mol. The van der Waals surface area contributed by atoms with Gasteiger partial charge in [-0.15, -0.1) is 0 Å². The first-order valence-corrected chi connectivity index (χ1v) is 6.06. The van der Waals surface area contributed by atoms with Crippen LogP contribution in [-0.4, -0.2) is 31.5 Å². The molecule has 2 fully saturated rings. The van der Waals surface area contributed by atoms with E-state index in [4.69, 9.17) is 9.47 Å².